The molecular formula is C21H24N2O5S. The molecule has 0 bridgehead atoms. The molecule has 7 nitrogen and oxygen atoms in total. The second kappa shape index (κ2) is 10.5. The van der Waals surface area contributed by atoms with E-state index in [-0.39, 0.29) is 6.04 Å². The van der Waals surface area contributed by atoms with Gasteiger partial charge in [-0.25, -0.2) is 8.42 Å². The Hall–Kier alpha value is -2.97. The van der Waals surface area contributed by atoms with Gasteiger partial charge in [-0.2, -0.15) is 4.72 Å². The van der Waals surface area contributed by atoms with Gasteiger partial charge in [-0.15, -0.1) is 0 Å². The first-order valence-electron chi connectivity index (χ1n) is 9.03. The van der Waals surface area contributed by atoms with Crippen LogP contribution in [0.4, 0.5) is 0 Å². The SMILES string of the molecule is C[C@H](NS(=O)(=O)/C=C/c1ccccc1)C(=O)OCC(=O)N[C@@H](C)c1ccccc1. The lowest BCUT2D eigenvalue weighted by Gasteiger charge is -2.15. The molecule has 2 aromatic rings. The van der Waals surface area contributed by atoms with Gasteiger partial charge < -0.3 is 10.1 Å². The molecule has 1 amide bonds. The molecule has 0 unspecified atom stereocenters. The molecule has 0 aromatic heterocycles. The molecule has 2 N–H and O–H groups in total. The van der Waals surface area contributed by atoms with Gasteiger partial charge in [0, 0.05) is 5.41 Å². The van der Waals surface area contributed by atoms with Crippen molar-refractivity contribution in [3.05, 3.63) is 77.2 Å². The van der Waals surface area contributed by atoms with Crippen molar-refractivity contribution < 1.29 is 22.7 Å². The highest BCUT2D eigenvalue weighted by Crippen LogP contribution is 2.10. The molecule has 154 valence electrons. The Morgan fingerprint density at radius 1 is 1.00 bits per heavy atom. The van der Waals surface area contributed by atoms with E-state index in [0.717, 1.165) is 11.0 Å². The molecule has 2 rings (SSSR count). The minimum absolute atomic E-state index is 0.249. The summed E-state index contributed by atoms with van der Waals surface area (Å²) >= 11 is 0. The first-order valence-corrected chi connectivity index (χ1v) is 10.6. The molecule has 0 aliphatic carbocycles. The summed E-state index contributed by atoms with van der Waals surface area (Å²) in [5.41, 5.74) is 1.62. The zero-order valence-corrected chi connectivity index (χ0v) is 17.1. The van der Waals surface area contributed by atoms with E-state index >= 15 is 0 Å². The Balaban J connectivity index is 1.80. The third kappa shape index (κ3) is 7.89. The van der Waals surface area contributed by atoms with Crippen molar-refractivity contribution >= 4 is 28.0 Å². The summed E-state index contributed by atoms with van der Waals surface area (Å²) in [5, 5.41) is 3.68. The fourth-order valence-corrected chi connectivity index (χ4v) is 3.44. The van der Waals surface area contributed by atoms with Crippen LogP contribution in [0.1, 0.15) is 31.0 Å². The molecule has 2 atom stereocenters. The van der Waals surface area contributed by atoms with Crippen LogP contribution in [-0.4, -0.2) is 32.9 Å². The maximum Gasteiger partial charge on any atom is 0.324 e. The van der Waals surface area contributed by atoms with Gasteiger partial charge in [0.1, 0.15) is 6.04 Å². The number of nitrogens with one attached hydrogen (secondary N) is 2. The number of benzene rings is 2. The number of rotatable bonds is 9. The molecule has 2 aromatic carbocycles. The van der Waals surface area contributed by atoms with Crippen LogP contribution in [0.2, 0.25) is 0 Å². The van der Waals surface area contributed by atoms with E-state index in [2.05, 4.69) is 10.0 Å². The Morgan fingerprint density at radius 2 is 1.59 bits per heavy atom. The standard InChI is InChI=1S/C21H24N2O5S/c1-16(19-11-7-4-8-12-19)22-20(24)15-28-21(25)17(2)23-29(26,27)14-13-18-9-5-3-6-10-18/h3-14,16-17,23H,15H2,1-2H3,(H,22,24)/b14-13+/t16-,17-/m0/s1. The molecule has 0 spiro atoms. The predicted molar refractivity (Wildman–Crippen MR) is 111 cm³/mol. The average Bonchev–Trinajstić information content (AvgIpc) is 2.71. The van der Waals surface area contributed by atoms with Gasteiger partial charge in [0.05, 0.1) is 6.04 Å². The van der Waals surface area contributed by atoms with E-state index in [4.69, 9.17) is 4.74 Å². The smallest absolute Gasteiger partial charge is 0.324 e. The number of amides is 1. The molecule has 0 saturated carbocycles. The van der Waals surface area contributed by atoms with Crippen LogP contribution in [-0.2, 0) is 24.3 Å². The van der Waals surface area contributed by atoms with Gasteiger partial charge in [-0.05, 0) is 31.1 Å². The largest absolute Gasteiger partial charge is 0.454 e. The lowest BCUT2D eigenvalue weighted by molar-refractivity contribution is -0.149. The second-order valence-electron chi connectivity index (χ2n) is 6.41. The van der Waals surface area contributed by atoms with E-state index in [0.29, 0.717) is 5.56 Å². The zero-order valence-electron chi connectivity index (χ0n) is 16.2. The summed E-state index contributed by atoms with van der Waals surface area (Å²) in [4.78, 5) is 24.0. The lowest BCUT2D eigenvalue weighted by atomic mass is 10.1. The van der Waals surface area contributed by atoms with Crippen molar-refractivity contribution in [1.29, 1.82) is 0 Å². The van der Waals surface area contributed by atoms with Crippen molar-refractivity contribution in [2.75, 3.05) is 6.61 Å². The summed E-state index contributed by atoms with van der Waals surface area (Å²) in [6, 6.07) is 16.8. The number of esters is 1. The number of hydrogen-bond donors (Lipinski definition) is 2. The van der Waals surface area contributed by atoms with Gasteiger partial charge in [0.25, 0.3) is 5.91 Å². The Bertz CT molecular complexity index is 944. The van der Waals surface area contributed by atoms with Crippen molar-refractivity contribution in [2.24, 2.45) is 0 Å². The molecule has 29 heavy (non-hydrogen) atoms. The number of carbonyl (C=O) groups is 2. The lowest BCUT2D eigenvalue weighted by Crippen LogP contribution is -2.40. The highest BCUT2D eigenvalue weighted by Gasteiger charge is 2.21. The zero-order chi connectivity index (χ0) is 21.3. The molecule has 0 aliphatic rings. The molecule has 8 heteroatoms. The second-order valence-corrected chi connectivity index (χ2v) is 8.00. The predicted octanol–water partition coefficient (Wildman–Crippen LogP) is 2.39. The Labute approximate surface area is 170 Å². The minimum atomic E-state index is -3.85. The third-order valence-corrected chi connectivity index (χ3v) is 5.13. The van der Waals surface area contributed by atoms with E-state index in [9.17, 15) is 18.0 Å². The van der Waals surface area contributed by atoms with Crippen LogP contribution in [0.3, 0.4) is 0 Å². The van der Waals surface area contributed by atoms with Gasteiger partial charge in [-0.1, -0.05) is 60.7 Å². The molecule has 0 saturated heterocycles. The van der Waals surface area contributed by atoms with Crippen molar-refractivity contribution in [3.63, 3.8) is 0 Å². The molecule has 0 radical (unpaired) electrons. The molecule has 0 aliphatic heterocycles. The Morgan fingerprint density at radius 3 is 2.21 bits per heavy atom. The maximum absolute atomic E-state index is 12.1. The van der Waals surface area contributed by atoms with Crippen LogP contribution < -0.4 is 10.0 Å². The highest BCUT2D eigenvalue weighted by molar-refractivity contribution is 7.92. The van der Waals surface area contributed by atoms with Crippen molar-refractivity contribution in [3.8, 4) is 0 Å². The first-order chi connectivity index (χ1) is 13.8. The fourth-order valence-electron chi connectivity index (χ4n) is 2.44. The monoisotopic (exact) mass is 416 g/mol. The summed E-state index contributed by atoms with van der Waals surface area (Å²) in [5.74, 6) is -1.32. The minimum Gasteiger partial charge on any atom is -0.454 e. The number of ether oxygens (including phenoxy) is 1. The normalized spacial score (nSPS) is 13.6. The van der Waals surface area contributed by atoms with E-state index in [1.807, 2.05) is 43.3 Å². The van der Waals surface area contributed by atoms with Gasteiger partial charge in [0.15, 0.2) is 6.61 Å². The molecule has 0 heterocycles. The summed E-state index contributed by atoms with van der Waals surface area (Å²) in [7, 11) is -3.85. The number of sulfonamides is 1. The van der Waals surface area contributed by atoms with Crippen LogP contribution in [0.25, 0.3) is 6.08 Å². The quantitative estimate of drug-likeness (QED) is 0.611. The third-order valence-electron chi connectivity index (χ3n) is 3.96. The van der Waals surface area contributed by atoms with Crippen molar-refractivity contribution in [1.82, 2.24) is 10.0 Å². The van der Waals surface area contributed by atoms with Gasteiger partial charge in [-0.3, -0.25) is 9.59 Å². The van der Waals surface area contributed by atoms with Crippen LogP contribution in [0, 0.1) is 0 Å². The molecular weight excluding hydrogens is 392 g/mol. The van der Waals surface area contributed by atoms with Crippen LogP contribution in [0.5, 0.6) is 0 Å². The summed E-state index contributed by atoms with van der Waals surface area (Å²) in [6.45, 7) is 2.66. The average molecular weight is 416 g/mol. The van der Waals surface area contributed by atoms with Crippen LogP contribution >= 0.6 is 0 Å². The van der Waals surface area contributed by atoms with E-state index < -0.39 is 34.5 Å². The molecule has 0 fully saturated rings. The van der Waals surface area contributed by atoms with E-state index in [1.54, 1.807) is 24.3 Å². The topological polar surface area (TPSA) is 102 Å². The Kier molecular flexibility index (Phi) is 8.11. The highest BCUT2D eigenvalue weighted by atomic mass is 32.2. The van der Waals surface area contributed by atoms with Crippen LogP contribution in [0.15, 0.2) is 66.1 Å². The fraction of sp³-hybridized carbons (Fsp3) is 0.238. The van der Waals surface area contributed by atoms with Crippen molar-refractivity contribution in [2.45, 2.75) is 25.9 Å². The van der Waals surface area contributed by atoms with E-state index in [1.165, 1.54) is 13.0 Å². The maximum atomic E-state index is 12.1. The first kappa shape index (κ1) is 22.3. The van der Waals surface area contributed by atoms with Gasteiger partial charge >= 0.3 is 5.97 Å². The summed E-state index contributed by atoms with van der Waals surface area (Å²) in [6.07, 6.45) is 1.42. The summed E-state index contributed by atoms with van der Waals surface area (Å²) < 4.78 is 31.3. The number of carbonyl (C=O) groups excluding carboxylic acids is 2. The number of hydrogen-bond acceptors (Lipinski definition) is 5. The van der Waals surface area contributed by atoms with Gasteiger partial charge in [0.2, 0.25) is 10.0 Å².